The number of phenolic OH excluding ortho intramolecular Hbond substituents is 3. The van der Waals surface area contributed by atoms with E-state index in [1.165, 1.54) is 48.2 Å². The van der Waals surface area contributed by atoms with E-state index in [1.54, 1.807) is 0 Å². The number of ether oxygens (including phenoxy) is 1. The lowest BCUT2D eigenvalue weighted by atomic mass is 10.0. The van der Waals surface area contributed by atoms with Crippen molar-refractivity contribution in [2.75, 3.05) is 0 Å². The van der Waals surface area contributed by atoms with E-state index in [0.29, 0.717) is 17.2 Å². The van der Waals surface area contributed by atoms with Crippen molar-refractivity contribution < 1.29 is 24.9 Å². The molecule has 30 heavy (non-hydrogen) atoms. The normalized spacial score (nSPS) is 11.2. The average molecular weight is 405 g/mol. The van der Waals surface area contributed by atoms with Gasteiger partial charge in [-0.1, -0.05) is 38.1 Å². The van der Waals surface area contributed by atoms with Gasteiger partial charge in [0.15, 0.2) is 0 Å². The minimum atomic E-state index is -0.669. The van der Waals surface area contributed by atoms with Gasteiger partial charge in [0.1, 0.15) is 29.4 Å². The predicted molar refractivity (Wildman–Crippen MR) is 115 cm³/mol. The number of benzene rings is 3. The molecule has 0 saturated heterocycles. The standard InChI is InChI=1S/C24H23NO5/c1-15(2)17-5-3-16(4-6-17)14-30-24(29)21-12-19(7-9-23(21)28)25-13-18-11-20(26)8-10-22(18)27/h3-13,15,26-28H,14H2,1-2H3. The van der Waals surface area contributed by atoms with Gasteiger partial charge >= 0.3 is 5.97 Å². The molecule has 0 bridgehead atoms. The number of hydrogen-bond donors (Lipinski definition) is 3. The van der Waals surface area contributed by atoms with Gasteiger partial charge in [0.2, 0.25) is 0 Å². The van der Waals surface area contributed by atoms with E-state index in [-0.39, 0.29) is 29.4 Å². The smallest absolute Gasteiger partial charge is 0.342 e. The monoisotopic (exact) mass is 405 g/mol. The summed E-state index contributed by atoms with van der Waals surface area (Å²) in [7, 11) is 0. The minimum Gasteiger partial charge on any atom is -0.508 e. The van der Waals surface area contributed by atoms with Gasteiger partial charge in [-0.05, 0) is 53.4 Å². The molecule has 154 valence electrons. The lowest BCUT2D eigenvalue weighted by molar-refractivity contribution is 0.0469. The molecule has 0 saturated carbocycles. The van der Waals surface area contributed by atoms with Crippen LogP contribution in [0.15, 0.2) is 65.7 Å². The molecule has 6 heteroatoms. The fraction of sp³-hybridized carbons (Fsp3) is 0.167. The molecule has 3 N–H and O–H groups in total. The Balaban J connectivity index is 1.71. The molecule has 3 aromatic rings. The van der Waals surface area contributed by atoms with Crippen molar-refractivity contribution >= 4 is 17.9 Å². The first-order chi connectivity index (χ1) is 14.3. The van der Waals surface area contributed by atoms with Crippen LogP contribution in [0.1, 0.15) is 46.8 Å². The van der Waals surface area contributed by atoms with Gasteiger partial charge in [-0.25, -0.2) is 4.79 Å². The van der Waals surface area contributed by atoms with Gasteiger partial charge in [-0.3, -0.25) is 4.99 Å². The van der Waals surface area contributed by atoms with E-state index in [1.807, 2.05) is 24.3 Å². The second-order valence-corrected chi connectivity index (χ2v) is 7.18. The minimum absolute atomic E-state index is 0.00866. The fourth-order valence-corrected chi connectivity index (χ4v) is 2.78. The van der Waals surface area contributed by atoms with Crippen LogP contribution in [-0.2, 0) is 11.3 Å². The SMILES string of the molecule is CC(C)c1ccc(COC(=O)c2cc(N=Cc3cc(O)ccc3O)ccc2O)cc1. The van der Waals surface area contributed by atoms with Crippen molar-refractivity contribution in [2.45, 2.75) is 26.4 Å². The summed E-state index contributed by atoms with van der Waals surface area (Å²) in [5.74, 6) is -0.514. The van der Waals surface area contributed by atoms with E-state index < -0.39 is 5.97 Å². The van der Waals surface area contributed by atoms with E-state index in [4.69, 9.17) is 4.74 Å². The molecule has 0 aromatic heterocycles. The third-order valence-electron chi connectivity index (χ3n) is 4.58. The van der Waals surface area contributed by atoms with E-state index in [0.717, 1.165) is 5.56 Å². The lowest BCUT2D eigenvalue weighted by Gasteiger charge is -2.09. The van der Waals surface area contributed by atoms with Crippen molar-refractivity contribution in [1.82, 2.24) is 0 Å². The number of carbonyl (C=O) groups excluding carboxylic acids is 1. The Morgan fingerprint density at radius 1 is 0.967 bits per heavy atom. The van der Waals surface area contributed by atoms with Gasteiger partial charge in [0.05, 0.1) is 5.69 Å². The Bertz CT molecular complexity index is 1070. The Morgan fingerprint density at radius 2 is 1.67 bits per heavy atom. The van der Waals surface area contributed by atoms with Crippen LogP contribution in [0.25, 0.3) is 0 Å². The van der Waals surface area contributed by atoms with Crippen LogP contribution in [0.5, 0.6) is 17.2 Å². The first-order valence-electron chi connectivity index (χ1n) is 9.48. The van der Waals surface area contributed by atoms with Crippen LogP contribution in [-0.4, -0.2) is 27.5 Å². The number of carbonyl (C=O) groups is 1. The zero-order valence-corrected chi connectivity index (χ0v) is 16.7. The highest BCUT2D eigenvalue weighted by atomic mass is 16.5. The molecule has 0 heterocycles. The van der Waals surface area contributed by atoms with Crippen molar-refractivity contribution in [1.29, 1.82) is 0 Å². The zero-order valence-electron chi connectivity index (χ0n) is 16.7. The van der Waals surface area contributed by atoms with Crippen LogP contribution in [0, 0.1) is 0 Å². The summed E-state index contributed by atoms with van der Waals surface area (Å²) >= 11 is 0. The van der Waals surface area contributed by atoms with Crippen molar-refractivity contribution in [3.8, 4) is 17.2 Å². The molecule has 0 aliphatic carbocycles. The molecule has 0 amide bonds. The van der Waals surface area contributed by atoms with Gasteiger partial charge < -0.3 is 20.1 Å². The van der Waals surface area contributed by atoms with E-state index >= 15 is 0 Å². The number of rotatable bonds is 6. The largest absolute Gasteiger partial charge is 0.508 e. The van der Waals surface area contributed by atoms with Crippen LogP contribution >= 0.6 is 0 Å². The van der Waals surface area contributed by atoms with Crippen molar-refractivity contribution in [3.63, 3.8) is 0 Å². The number of hydrogen-bond acceptors (Lipinski definition) is 6. The van der Waals surface area contributed by atoms with Crippen LogP contribution < -0.4 is 0 Å². The fourth-order valence-electron chi connectivity index (χ4n) is 2.78. The quantitative estimate of drug-likeness (QED) is 0.303. The highest BCUT2D eigenvalue weighted by Gasteiger charge is 2.14. The first kappa shape index (κ1) is 20.9. The molecule has 3 aromatic carbocycles. The Morgan fingerprint density at radius 3 is 2.37 bits per heavy atom. The van der Waals surface area contributed by atoms with Crippen LogP contribution in [0.2, 0.25) is 0 Å². The molecule has 0 radical (unpaired) electrons. The lowest BCUT2D eigenvalue weighted by Crippen LogP contribution is -2.05. The summed E-state index contributed by atoms with van der Waals surface area (Å²) in [5, 5.41) is 29.4. The summed E-state index contributed by atoms with van der Waals surface area (Å²) in [6.45, 7) is 4.30. The van der Waals surface area contributed by atoms with Gasteiger partial charge in [0, 0.05) is 11.8 Å². The summed E-state index contributed by atoms with van der Waals surface area (Å²) in [6.07, 6.45) is 1.35. The number of phenols is 3. The third-order valence-corrected chi connectivity index (χ3v) is 4.58. The maximum absolute atomic E-state index is 12.4. The Kier molecular flexibility index (Phi) is 6.37. The molecule has 0 fully saturated rings. The second-order valence-electron chi connectivity index (χ2n) is 7.18. The number of esters is 1. The second kappa shape index (κ2) is 9.13. The maximum Gasteiger partial charge on any atom is 0.342 e. The average Bonchev–Trinajstić information content (AvgIpc) is 2.73. The molecule has 0 atom stereocenters. The van der Waals surface area contributed by atoms with Crippen molar-refractivity contribution in [2.24, 2.45) is 4.99 Å². The van der Waals surface area contributed by atoms with Gasteiger partial charge in [-0.2, -0.15) is 0 Å². The van der Waals surface area contributed by atoms with E-state index in [2.05, 4.69) is 18.8 Å². The molecule has 0 aliphatic heterocycles. The summed E-state index contributed by atoms with van der Waals surface area (Å²) < 4.78 is 5.32. The summed E-state index contributed by atoms with van der Waals surface area (Å²) in [6, 6.07) is 16.2. The highest BCUT2D eigenvalue weighted by Crippen LogP contribution is 2.26. The molecule has 0 unspecified atom stereocenters. The Labute approximate surface area is 174 Å². The zero-order chi connectivity index (χ0) is 21.7. The molecular weight excluding hydrogens is 382 g/mol. The Hall–Kier alpha value is -3.80. The number of aromatic hydroxyl groups is 3. The van der Waals surface area contributed by atoms with E-state index in [9.17, 15) is 20.1 Å². The molecule has 3 rings (SSSR count). The summed E-state index contributed by atoms with van der Waals surface area (Å²) in [4.78, 5) is 16.6. The summed E-state index contributed by atoms with van der Waals surface area (Å²) in [5.41, 5.74) is 2.73. The maximum atomic E-state index is 12.4. The number of aliphatic imine (C=N–C) groups is 1. The number of nitrogens with zero attached hydrogens (tertiary/aromatic N) is 1. The van der Waals surface area contributed by atoms with Gasteiger partial charge in [-0.15, -0.1) is 0 Å². The topological polar surface area (TPSA) is 99.4 Å². The molecule has 0 spiro atoms. The van der Waals surface area contributed by atoms with Gasteiger partial charge in [0.25, 0.3) is 0 Å². The third kappa shape index (κ3) is 5.17. The first-order valence-corrected chi connectivity index (χ1v) is 9.48. The molecular formula is C24H23NO5. The molecule has 0 aliphatic rings. The van der Waals surface area contributed by atoms with Crippen LogP contribution in [0.4, 0.5) is 5.69 Å². The van der Waals surface area contributed by atoms with Crippen molar-refractivity contribution in [3.05, 3.63) is 82.9 Å². The highest BCUT2D eigenvalue weighted by molar-refractivity contribution is 5.94. The predicted octanol–water partition coefficient (Wildman–Crippen LogP) is 5.03. The molecule has 6 nitrogen and oxygen atoms in total. The van der Waals surface area contributed by atoms with Crippen LogP contribution in [0.3, 0.4) is 0 Å².